The van der Waals surface area contributed by atoms with Crippen LogP contribution in [0.1, 0.15) is 5.69 Å². The van der Waals surface area contributed by atoms with E-state index in [9.17, 15) is 4.79 Å². The van der Waals surface area contributed by atoms with E-state index in [1.54, 1.807) is 12.4 Å². The highest BCUT2D eigenvalue weighted by atomic mass is 32.1. The van der Waals surface area contributed by atoms with Crippen molar-refractivity contribution in [1.29, 1.82) is 0 Å². The number of aromatic nitrogens is 3. The molecule has 3 aromatic rings. The standard InChI is InChI=1S/C13H10N4OS2/c18-11(17-13-15-5-6-19-13)7-9-8-20-12(16-9)10-3-1-2-4-14-10/h1-6,8H,7H2,(H,15,17,18). The molecule has 0 aliphatic heterocycles. The summed E-state index contributed by atoms with van der Waals surface area (Å²) in [6.45, 7) is 0. The van der Waals surface area contributed by atoms with Crippen LogP contribution in [0.5, 0.6) is 0 Å². The minimum absolute atomic E-state index is 0.113. The van der Waals surface area contributed by atoms with Crippen LogP contribution >= 0.6 is 22.7 Å². The van der Waals surface area contributed by atoms with Crippen LogP contribution in [0, 0.1) is 0 Å². The molecule has 3 aromatic heterocycles. The molecule has 0 atom stereocenters. The average Bonchev–Trinajstić information content (AvgIpc) is 3.11. The summed E-state index contributed by atoms with van der Waals surface area (Å²) >= 11 is 2.88. The van der Waals surface area contributed by atoms with Gasteiger partial charge in [0.2, 0.25) is 5.91 Å². The molecule has 0 spiro atoms. The van der Waals surface area contributed by atoms with E-state index < -0.39 is 0 Å². The topological polar surface area (TPSA) is 67.8 Å². The minimum Gasteiger partial charge on any atom is -0.302 e. The Labute approximate surface area is 123 Å². The van der Waals surface area contributed by atoms with Gasteiger partial charge in [0.1, 0.15) is 5.01 Å². The van der Waals surface area contributed by atoms with Gasteiger partial charge in [0.25, 0.3) is 0 Å². The second-order valence-electron chi connectivity index (χ2n) is 3.92. The van der Waals surface area contributed by atoms with Crippen molar-refractivity contribution in [3.63, 3.8) is 0 Å². The van der Waals surface area contributed by atoms with Gasteiger partial charge in [-0.2, -0.15) is 0 Å². The molecule has 0 fully saturated rings. The van der Waals surface area contributed by atoms with E-state index in [2.05, 4.69) is 20.3 Å². The zero-order valence-corrected chi connectivity index (χ0v) is 11.9. The van der Waals surface area contributed by atoms with Gasteiger partial charge >= 0.3 is 0 Å². The largest absolute Gasteiger partial charge is 0.302 e. The van der Waals surface area contributed by atoms with E-state index >= 15 is 0 Å². The first kappa shape index (κ1) is 12.9. The summed E-state index contributed by atoms with van der Waals surface area (Å²) in [6.07, 6.45) is 3.62. The maximum atomic E-state index is 11.8. The molecule has 3 heterocycles. The Hall–Kier alpha value is -2.12. The highest BCUT2D eigenvalue weighted by Crippen LogP contribution is 2.21. The van der Waals surface area contributed by atoms with Crippen LogP contribution < -0.4 is 5.32 Å². The molecule has 0 aliphatic rings. The fraction of sp³-hybridized carbons (Fsp3) is 0.0769. The molecule has 100 valence electrons. The zero-order chi connectivity index (χ0) is 13.8. The smallest absolute Gasteiger partial charge is 0.232 e. The monoisotopic (exact) mass is 302 g/mol. The number of rotatable bonds is 4. The van der Waals surface area contributed by atoms with Gasteiger partial charge in [-0.3, -0.25) is 9.78 Å². The quantitative estimate of drug-likeness (QED) is 0.804. The third-order valence-electron chi connectivity index (χ3n) is 2.46. The molecule has 1 amide bonds. The second kappa shape index (κ2) is 5.89. The van der Waals surface area contributed by atoms with E-state index in [0.717, 1.165) is 16.4 Å². The Balaban J connectivity index is 1.67. The van der Waals surface area contributed by atoms with Crippen LogP contribution in [-0.2, 0) is 11.2 Å². The summed E-state index contributed by atoms with van der Waals surface area (Å²) in [4.78, 5) is 24.5. The summed E-state index contributed by atoms with van der Waals surface area (Å²) in [7, 11) is 0. The number of carbonyl (C=O) groups excluding carboxylic acids is 1. The Morgan fingerprint density at radius 2 is 2.15 bits per heavy atom. The van der Waals surface area contributed by atoms with Crippen LogP contribution in [0.15, 0.2) is 41.4 Å². The molecular formula is C13H10N4OS2. The van der Waals surface area contributed by atoms with Crippen LogP contribution in [0.25, 0.3) is 10.7 Å². The number of nitrogens with zero attached hydrogens (tertiary/aromatic N) is 3. The van der Waals surface area contributed by atoms with Crippen LogP contribution in [0.4, 0.5) is 5.13 Å². The molecular weight excluding hydrogens is 292 g/mol. The van der Waals surface area contributed by atoms with Crippen molar-refractivity contribution in [3.8, 4) is 10.7 Å². The van der Waals surface area contributed by atoms with Crippen molar-refractivity contribution in [2.45, 2.75) is 6.42 Å². The molecule has 0 bridgehead atoms. The number of amides is 1. The van der Waals surface area contributed by atoms with Gasteiger partial charge in [-0.1, -0.05) is 6.07 Å². The summed E-state index contributed by atoms with van der Waals surface area (Å²) in [6, 6.07) is 5.68. The Morgan fingerprint density at radius 1 is 1.20 bits per heavy atom. The lowest BCUT2D eigenvalue weighted by atomic mass is 10.3. The molecule has 7 heteroatoms. The first-order valence-corrected chi connectivity index (χ1v) is 7.62. The van der Waals surface area contributed by atoms with Crippen LogP contribution in [0.2, 0.25) is 0 Å². The van der Waals surface area contributed by atoms with Gasteiger partial charge in [0.15, 0.2) is 5.13 Å². The molecule has 20 heavy (non-hydrogen) atoms. The normalized spacial score (nSPS) is 10.4. The summed E-state index contributed by atoms with van der Waals surface area (Å²) in [5.41, 5.74) is 1.56. The van der Waals surface area contributed by atoms with E-state index in [1.807, 2.05) is 29.0 Å². The van der Waals surface area contributed by atoms with Crippen molar-refractivity contribution in [2.75, 3.05) is 5.32 Å². The van der Waals surface area contributed by atoms with Crippen molar-refractivity contribution < 1.29 is 4.79 Å². The first-order valence-electron chi connectivity index (χ1n) is 5.86. The molecule has 1 N–H and O–H groups in total. The lowest BCUT2D eigenvalue weighted by Gasteiger charge is -1.98. The molecule has 0 aromatic carbocycles. The van der Waals surface area contributed by atoms with E-state index in [1.165, 1.54) is 22.7 Å². The maximum absolute atomic E-state index is 11.8. The molecule has 3 rings (SSSR count). The number of hydrogen-bond donors (Lipinski definition) is 1. The Bertz CT molecular complexity index is 694. The Morgan fingerprint density at radius 3 is 2.90 bits per heavy atom. The third kappa shape index (κ3) is 3.06. The second-order valence-corrected chi connectivity index (χ2v) is 5.67. The third-order valence-corrected chi connectivity index (χ3v) is 4.06. The van der Waals surface area contributed by atoms with Crippen molar-refractivity contribution in [1.82, 2.24) is 15.0 Å². The summed E-state index contributed by atoms with van der Waals surface area (Å²) < 4.78 is 0. The van der Waals surface area contributed by atoms with Crippen molar-refractivity contribution >= 4 is 33.7 Å². The summed E-state index contributed by atoms with van der Waals surface area (Å²) in [5.74, 6) is -0.113. The van der Waals surface area contributed by atoms with Crippen molar-refractivity contribution in [3.05, 3.63) is 47.0 Å². The summed E-state index contributed by atoms with van der Waals surface area (Å²) in [5, 5.41) is 7.86. The predicted molar refractivity (Wildman–Crippen MR) is 79.8 cm³/mol. The first-order chi connectivity index (χ1) is 9.81. The van der Waals surface area contributed by atoms with E-state index in [0.29, 0.717) is 5.13 Å². The molecule has 0 saturated heterocycles. The van der Waals surface area contributed by atoms with Gasteiger partial charge in [0.05, 0.1) is 17.8 Å². The number of nitrogens with one attached hydrogen (secondary N) is 1. The van der Waals surface area contributed by atoms with Gasteiger partial charge in [-0.15, -0.1) is 22.7 Å². The van der Waals surface area contributed by atoms with E-state index in [4.69, 9.17) is 0 Å². The average molecular weight is 302 g/mol. The molecule has 0 radical (unpaired) electrons. The van der Waals surface area contributed by atoms with Gasteiger partial charge in [-0.05, 0) is 12.1 Å². The fourth-order valence-corrected chi connectivity index (χ4v) is 2.95. The van der Waals surface area contributed by atoms with Gasteiger partial charge in [0, 0.05) is 23.2 Å². The fourth-order valence-electron chi connectivity index (χ4n) is 1.61. The highest BCUT2D eigenvalue weighted by molar-refractivity contribution is 7.13. The van der Waals surface area contributed by atoms with E-state index in [-0.39, 0.29) is 12.3 Å². The number of anilines is 1. The number of hydrogen-bond acceptors (Lipinski definition) is 6. The van der Waals surface area contributed by atoms with Gasteiger partial charge in [-0.25, -0.2) is 9.97 Å². The van der Waals surface area contributed by atoms with Crippen LogP contribution in [-0.4, -0.2) is 20.9 Å². The van der Waals surface area contributed by atoms with Gasteiger partial charge < -0.3 is 5.32 Å². The lowest BCUT2D eigenvalue weighted by Crippen LogP contribution is -2.14. The molecule has 5 nitrogen and oxygen atoms in total. The molecule has 0 aliphatic carbocycles. The molecule has 0 saturated carbocycles. The van der Waals surface area contributed by atoms with Crippen molar-refractivity contribution in [2.24, 2.45) is 0 Å². The maximum Gasteiger partial charge on any atom is 0.232 e. The number of carbonyl (C=O) groups is 1. The minimum atomic E-state index is -0.113. The van der Waals surface area contributed by atoms with Crippen LogP contribution in [0.3, 0.4) is 0 Å². The number of pyridine rings is 1. The lowest BCUT2D eigenvalue weighted by molar-refractivity contribution is -0.115. The highest BCUT2D eigenvalue weighted by Gasteiger charge is 2.10. The predicted octanol–water partition coefficient (Wildman–Crippen LogP) is 2.84. The SMILES string of the molecule is O=C(Cc1csc(-c2ccccn2)n1)Nc1nccs1. The molecule has 0 unspecified atom stereocenters. The Kier molecular flexibility index (Phi) is 3.80. The zero-order valence-electron chi connectivity index (χ0n) is 10.3. The number of thiazole rings is 2.